The lowest BCUT2D eigenvalue weighted by Gasteiger charge is -2.29. The maximum Gasteiger partial charge on any atom is 0.306 e. The zero-order valence-corrected chi connectivity index (χ0v) is 12.5. The van der Waals surface area contributed by atoms with Gasteiger partial charge in [-0.3, -0.25) is 9.59 Å². The lowest BCUT2D eigenvalue weighted by molar-refractivity contribution is -0.146. The van der Waals surface area contributed by atoms with Crippen molar-refractivity contribution < 1.29 is 14.7 Å². The number of likely N-dealkylation sites (tertiary alicyclic amines) is 1. The van der Waals surface area contributed by atoms with E-state index >= 15 is 0 Å². The van der Waals surface area contributed by atoms with E-state index in [0.29, 0.717) is 31.8 Å². The average molecular weight is 315 g/mol. The standard InChI is InChI=1S/C15H17N5O3/c21-13(19-8-6-12(7-9-19)15(22)23)10-20-17-14(16-18-20)11-4-2-1-3-5-11/h1-5,12H,6-10H2,(H,22,23). The SMILES string of the molecule is O=C(O)C1CCN(C(=O)Cn2nnc(-c3ccccc3)n2)CC1. The number of carbonyl (C=O) groups excluding carboxylic acids is 1. The van der Waals surface area contributed by atoms with Gasteiger partial charge in [0.25, 0.3) is 0 Å². The number of carboxylic acid groups (broad SMARTS) is 1. The third kappa shape index (κ3) is 3.53. The highest BCUT2D eigenvalue weighted by atomic mass is 16.4. The van der Waals surface area contributed by atoms with Crippen molar-refractivity contribution in [1.29, 1.82) is 0 Å². The van der Waals surface area contributed by atoms with Gasteiger partial charge in [0.15, 0.2) is 0 Å². The quantitative estimate of drug-likeness (QED) is 0.889. The predicted molar refractivity (Wildman–Crippen MR) is 80.2 cm³/mol. The Morgan fingerprint density at radius 1 is 1.17 bits per heavy atom. The lowest BCUT2D eigenvalue weighted by Crippen LogP contribution is -2.42. The lowest BCUT2D eigenvalue weighted by atomic mass is 9.97. The van der Waals surface area contributed by atoms with Crippen molar-refractivity contribution in [2.24, 2.45) is 5.92 Å². The van der Waals surface area contributed by atoms with E-state index in [1.807, 2.05) is 30.3 Å². The first-order valence-electron chi connectivity index (χ1n) is 7.47. The Labute approximate surface area is 132 Å². The van der Waals surface area contributed by atoms with Crippen LogP contribution in [0.4, 0.5) is 0 Å². The van der Waals surface area contributed by atoms with E-state index in [2.05, 4.69) is 15.4 Å². The van der Waals surface area contributed by atoms with Crippen LogP contribution in [0.2, 0.25) is 0 Å². The molecule has 1 aromatic heterocycles. The van der Waals surface area contributed by atoms with Gasteiger partial charge in [-0.2, -0.15) is 4.80 Å². The van der Waals surface area contributed by atoms with Crippen LogP contribution >= 0.6 is 0 Å². The van der Waals surface area contributed by atoms with Crippen LogP contribution in [0.3, 0.4) is 0 Å². The van der Waals surface area contributed by atoms with Crippen LogP contribution in [0.15, 0.2) is 30.3 Å². The molecule has 0 unspecified atom stereocenters. The first-order chi connectivity index (χ1) is 11.1. The second-order valence-corrected chi connectivity index (χ2v) is 5.50. The monoisotopic (exact) mass is 315 g/mol. The zero-order valence-electron chi connectivity index (χ0n) is 12.5. The average Bonchev–Trinajstić information content (AvgIpc) is 3.04. The first-order valence-corrected chi connectivity index (χ1v) is 7.47. The molecule has 1 aromatic carbocycles. The summed E-state index contributed by atoms with van der Waals surface area (Å²) in [5.74, 6) is -0.787. The summed E-state index contributed by atoms with van der Waals surface area (Å²) in [7, 11) is 0. The fourth-order valence-electron chi connectivity index (χ4n) is 2.61. The summed E-state index contributed by atoms with van der Waals surface area (Å²) < 4.78 is 0. The molecule has 0 bridgehead atoms. The van der Waals surface area contributed by atoms with Crippen molar-refractivity contribution in [2.45, 2.75) is 19.4 Å². The van der Waals surface area contributed by atoms with Crippen molar-refractivity contribution >= 4 is 11.9 Å². The topological polar surface area (TPSA) is 101 Å². The zero-order chi connectivity index (χ0) is 16.2. The number of carbonyl (C=O) groups is 2. The van der Waals surface area contributed by atoms with Gasteiger partial charge in [-0.15, -0.1) is 10.2 Å². The summed E-state index contributed by atoms with van der Waals surface area (Å²) in [4.78, 5) is 26.1. The van der Waals surface area contributed by atoms with Gasteiger partial charge in [0.05, 0.1) is 5.92 Å². The fourth-order valence-corrected chi connectivity index (χ4v) is 2.61. The smallest absolute Gasteiger partial charge is 0.306 e. The highest BCUT2D eigenvalue weighted by Gasteiger charge is 2.27. The molecule has 0 spiro atoms. The molecule has 1 fully saturated rings. The van der Waals surface area contributed by atoms with Crippen LogP contribution in [0.5, 0.6) is 0 Å². The van der Waals surface area contributed by atoms with Gasteiger partial charge in [0.1, 0.15) is 6.54 Å². The first kappa shape index (κ1) is 15.1. The normalized spacial score (nSPS) is 15.6. The van der Waals surface area contributed by atoms with Gasteiger partial charge in [0.2, 0.25) is 11.7 Å². The van der Waals surface area contributed by atoms with E-state index in [4.69, 9.17) is 5.11 Å². The van der Waals surface area contributed by atoms with Crippen molar-refractivity contribution in [2.75, 3.05) is 13.1 Å². The second-order valence-electron chi connectivity index (χ2n) is 5.50. The largest absolute Gasteiger partial charge is 0.481 e. The number of carboxylic acids is 1. The number of aromatic nitrogens is 4. The molecular formula is C15H17N5O3. The molecule has 2 aromatic rings. The molecule has 0 atom stereocenters. The number of hydrogen-bond donors (Lipinski definition) is 1. The second kappa shape index (κ2) is 6.55. The number of aliphatic carboxylic acids is 1. The van der Waals surface area contributed by atoms with Crippen LogP contribution in [0.1, 0.15) is 12.8 Å². The number of hydrogen-bond acceptors (Lipinski definition) is 5. The summed E-state index contributed by atoms with van der Waals surface area (Å²) in [5, 5.41) is 21.0. The van der Waals surface area contributed by atoms with E-state index in [1.54, 1.807) is 4.90 Å². The molecule has 8 nitrogen and oxygen atoms in total. The molecule has 0 saturated carbocycles. The highest BCUT2D eigenvalue weighted by molar-refractivity contribution is 5.76. The molecule has 8 heteroatoms. The number of amides is 1. The minimum absolute atomic E-state index is 0.0115. The molecule has 0 radical (unpaired) electrons. The van der Waals surface area contributed by atoms with Crippen LogP contribution in [-0.2, 0) is 16.1 Å². The Morgan fingerprint density at radius 2 is 1.87 bits per heavy atom. The van der Waals surface area contributed by atoms with E-state index in [1.165, 1.54) is 4.80 Å². The fraction of sp³-hybridized carbons (Fsp3) is 0.400. The van der Waals surface area contributed by atoms with E-state index in [-0.39, 0.29) is 18.4 Å². The summed E-state index contributed by atoms with van der Waals surface area (Å²) >= 11 is 0. The van der Waals surface area contributed by atoms with Gasteiger partial charge >= 0.3 is 5.97 Å². The van der Waals surface area contributed by atoms with Crippen LogP contribution in [0, 0.1) is 5.92 Å². The highest BCUT2D eigenvalue weighted by Crippen LogP contribution is 2.17. The molecule has 23 heavy (non-hydrogen) atoms. The van der Waals surface area contributed by atoms with Crippen molar-refractivity contribution in [3.05, 3.63) is 30.3 Å². The third-order valence-electron chi connectivity index (χ3n) is 3.96. The Bertz CT molecular complexity index is 692. The number of piperidine rings is 1. The predicted octanol–water partition coefficient (Wildman–Crippen LogP) is 0.663. The maximum atomic E-state index is 12.2. The van der Waals surface area contributed by atoms with Gasteiger partial charge in [-0.1, -0.05) is 30.3 Å². The molecule has 1 aliphatic rings. The van der Waals surface area contributed by atoms with Gasteiger partial charge < -0.3 is 10.0 Å². The maximum absolute atomic E-state index is 12.2. The Hall–Kier alpha value is -2.77. The van der Waals surface area contributed by atoms with Crippen molar-refractivity contribution in [3.8, 4) is 11.4 Å². The van der Waals surface area contributed by atoms with Crippen LogP contribution < -0.4 is 0 Å². The molecule has 1 saturated heterocycles. The van der Waals surface area contributed by atoms with Crippen molar-refractivity contribution in [1.82, 2.24) is 25.1 Å². The number of benzene rings is 1. The molecular weight excluding hydrogens is 298 g/mol. The van der Waals surface area contributed by atoms with Gasteiger partial charge in [-0.25, -0.2) is 0 Å². The summed E-state index contributed by atoms with van der Waals surface area (Å²) in [6, 6.07) is 9.42. The summed E-state index contributed by atoms with van der Waals surface area (Å²) in [6.45, 7) is 0.920. The van der Waals surface area contributed by atoms with Crippen LogP contribution in [0.25, 0.3) is 11.4 Å². The molecule has 3 rings (SSSR count). The van der Waals surface area contributed by atoms with E-state index in [9.17, 15) is 9.59 Å². The van der Waals surface area contributed by atoms with Crippen molar-refractivity contribution in [3.63, 3.8) is 0 Å². The van der Waals surface area contributed by atoms with E-state index < -0.39 is 5.97 Å². The van der Waals surface area contributed by atoms with Gasteiger partial charge in [0, 0.05) is 18.7 Å². The minimum Gasteiger partial charge on any atom is -0.481 e. The summed E-state index contributed by atoms with van der Waals surface area (Å²) in [5.41, 5.74) is 0.841. The Balaban J connectivity index is 1.59. The molecule has 1 aliphatic heterocycles. The minimum atomic E-state index is -0.789. The molecule has 120 valence electrons. The molecule has 1 amide bonds. The molecule has 0 aliphatic carbocycles. The summed E-state index contributed by atoms with van der Waals surface area (Å²) in [6.07, 6.45) is 0.974. The van der Waals surface area contributed by atoms with E-state index in [0.717, 1.165) is 5.56 Å². The third-order valence-corrected chi connectivity index (χ3v) is 3.96. The Morgan fingerprint density at radius 3 is 2.52 bits per heavy atom. The number of tetrazole rings is 1. The van der Waals surface area contributed by atoms with Gasteiger partial charge in [-0.05, 0) is 18.1 Å². The number of rotatable bonds is 4. The molecule has 1 N–H and O–H groups in total. The molecule has 2 heterocycles. The van der Waals surface area contributed by atoms with Crippen LogP contribution in [-0.4, -0.2) is 55.2 Å². The Kier molecular flexibility index (Phi) is 4.31. The number of nitrogens with zero attached hydrogens (tertiary/aromatic N) is 5.